The standard InChI is InChI=1S/C13H17NOS/c1-3-11-5-6-12(15-11)8-14-9-13-7-4-10(2)16-13/h4-7,14H,3,8-9H2,1-2H3. The molecule has 0 spiro atoms. The highest BCUT2D eigenvalue weighted by molar-refractivity contribution is 7.11. The zero-order chi connectivity index (χ0) is 11.4. The Bertz CT molecular complexity index is 444. The van der Waals surface area contributed by atoms with Crippen LogP contribution in [0.3, 0.4) is 0 Å². The van der Waals surface area contributed by atoms with Gasteiger partial charge in [0.15, 0.2) is 0 Å². The van der Waals surface area contributed by atoms with Crippen LogP contribution in [-0.4, -0.2) is 0 Å². The summed E-state index contributed by atoms with van der Waals surface area (Å²) in [5.41, 5.74) is 0. The van der Waals surface area contributed by atoms with Crippen LogP contribution in [0.25, 0.3) is 0 Å². The lowest BCUT2D eigenvalue weighted by molar-refractivity contribution is 0.451. The summed E-state index contributed by atoms with van der Waals surface area (Å²) in [5.74, 6) is 2.08. The monoisotopic (exact) mass is 235 g/mol. The summed E-state index contributed by atoms with van der Waals surface area (Å²) >= 11 is 1.84. The third-order valence-corrected chi connectivity index (χ3v) is 3.46. The minimum absolute atomic E-state index is 0.803. The first-order valence-electron chi connectivity index (χ1n) is 5.61. The molecule has 0 amide bonds. The van der Waals surface area contributed by atoms with Crippen LogP contribution in [0.15, 0.2) is 28.7 Å². The van der Waals surface area contributed by atoms with Gasteiger partial charge in [-0.3, -0.25) is 0 Å². The van der Waals surface area contributed by atoms with Gasteiger partial charge in [-0.2, -0.15) is 0 Å². The summed E-state index contributed by atoms with van der Waals surface area (Å²) in [5, 5.41) is 3.39. The Morgan fingerprint density at radius 3 is 2.56 bits per heavy atom. The number of rotatable bonds is 5. The van der Waals surface area contributed by atoms with Gasteiger partial charge >= 0.3 is 0 Å². The molecule has 0 fully saturated rings. The minimum atomic E-state index is 0.803. The number of aryl methyl sites for hydroxylation is 2. The maximum atomic E-state index is 5.62. The van der Waals surface area contributed by atoms with Gasteiger partial charge in [-0.1, -0.05) is 6.92 Å². The second-order valence-corrected chi connectivity index (χ2v) is 5.21. The zero-order valence-corrected chi connectivity index (χ0v) is 10.6. The van der Waals surface area contributed by atoms with E-state index >= 15 is 0 Å². The molecule has 16 heavy (non-hydrogen) atoms. The van der Waals surface area contributed by atoms with E-state index in [1.807, 2.05) is 23.5 Å². The first-order chi connectivity index (χ1) is 7.78. The van der Waals surface area contributed by atoms with Crippen LogP contribution in [0.1, 0.15) is 28.2 Å². The molecule has 2 aromatic rings. The Kier molecular flexibility index (Phi) is 3.80. The lowest BCUT2D eigenvalue weighted by atomic mass is 10.3. The lowest BCUT2D eigenvalue weighted by Crippen LogP contribution is -2.10. The van der Waals surface area contributed by atoms with Crippen molar-refractivity contribution in [3.63, 3.8) is 0 Å². The van der Waals surface area contributed by atoms with Crippen molar-refractivity contribution < 1.29 is 4.42 Å². The molecule has 0 aliphatic heterocycles. The van der Waals surface area contributed by atoms with E-state index in [9.17, 15) is 0 Å². The molecule has 2 nitrogen and oxygen atoms in total. The van der Waals surface area contributed by atoms with Crippen LogP contribution in [0, 0.1) is 6.92 Å². The highest BCUT2D eigenvalue weighted by Crippen LogP contribution is 2.15. The van der Waals surface area contributed by atoms with Crippen LogP contribution < -0.4 is 5.32 Å². The number of nitrogens with one attached hydrogen (secondary N) is 1. The Hall–Kier alpha value is -1.06. The minimum Gasteiger partial charge on any atom is -0.465 e. The normalized spacial score (nSPS) is 10.9. The number of hydrogen-bond donors (Lipinski definition) is 1. The van der Waals surface area contributed by atoms with Crippen molar-refractivity contribution in [1.82, 2.24) is 5.32 Å². The highest BCUT2D eigenvalue weighted by atomic mass is 32.1. The van der Waals surface area contributed by atoms with Gasteiger partial charge in [0.2, 0.25) is 0 Å². The summed E-state index contributed by atoms with van der Waals surface area (Å²) in [6, 6.07) is 8.42. The third-order valence-electron chi connectivity index (χ3n) is 2.46. The van der Waals surface area contributed by atoms with Gasteiger partial charge in [0, 0.05) is 22.7 Å². The summed E-state index contributed by atoms with van der Waals surface area (Å²) < 4.78 is 5.62. The molecule has 2 aromatic heterocycles. The van der Waals surface area contributed by atoms with Gasteiger partial charge in [-0.15, -0.1) is 11.3 Å². The van der Waals surface area contributed by atoms with E-state index in [1.54, 1.807) is 0 Å². The highest BCUT2D eigenvalue weighted by Gasteiger charge is 2.00. The van der Waals surface area contributed by atoms with E-state index in [2.05, 4.69) is 31.3 Å². The second-order valence-electron chi connectivity index (χ2n) is 3.84. The predicted molar refractivity (Wildman–Crippen MR) is 67.7 cm³/mol. The molecular weight excluding hydrogens is 218 g/mol. The molecule has 2 heterocycles. The van der Waals surface area contributed by atoms with Crippen LogP contribution in [-0.2, 0) is 19.5 Å². The van der Waals surface area contributed by atoms with Crippen molar-refractivity contribution in [2.45, 2.75) is 33.4 Å². The van der Waals surface area contributed by atoms with Crippen molar-refractivity contribution in [1.29, 1.82) is 0 Å². The molecule has 0 unspecified atom stereocenters. The molecule has 0 aliphatic carbocycles. The molecule has 0 aromatic carbocycles. The zero-order valence-electron chi connectivity index (χ0n) is 9.75. The van der Waals surface area contributed by atoms with Gasteiger partial charge in [0.05, 0.1) is 6.54 Å². The van der Waals surface area contributed by atoms with Gasteiger partial charge in [0.25, 0.3) is 0 Å². The third kappa shape index (κ3) is 2.97. The first-order valence-corrected chi connectivity index (χ1v) is 6.43. The summed E-state index contributed by atoms with van der Waals surface area (Å²) in [7, 11) is 0. The van der Waals surface area contributed by atoms with Crippen molar-refractivity contribution >= 4 is 11.3 Å². The average Bonchev–Trinajstić information content (AvgIpc) is 2.88. The van der Waals surface area contributed by atoms with E-state index in [0.717, 1.165) is 31.0 Å². The number of hydrogen-bond acceptors (Lipinski definition) is 3. The largest absolute Gasteiger partial charge is 0.465 e. The SMILES string of the molecule is CCc1ccc(CNCc2ccc(C)s2)o1. The molecular formula is C13H17NOS. The quantitative estimate of drug-likeness (QED) is 0.858. The van der Waals surface area contributed by atoms with Crippen molar-refractivity contribution in [3.8, 4) is 0 Å². The summed E-state index contributed by atoms with van der Waals surface area (Å²) in [6.07, 6.45) is 0.962. The van der Waals surface area contributed by atoms with Crippen molar-refractivity contribution in [3.05, 3.63) is 45.5 Å². The molecule has 0 bridgehead atoms. The van der Waals surface area contributed by atoms with Crippen LogP contribution in [0.2, 0.25) is 0 Å². The molecule has 0 saturated carbocycles. The molecule has 86 valence electrons. The number of thiophene rings is 1. The van der Waals surface area contributed by atoms with Crippen LogP contribution in [0.4, 0.5) is 0 Å². The topological polar surface area (TPSA) is 25.2 Å². The molecule has 2 rings (SSSR count). The van der Waals surface area contributed by atoms with Gasteiger partial charge in [0.1, 0.15) is 11.5 Å². The second kappa shape index (κ2) is 5.32. The average molecular weight is 235 g/mol. The molecule has 3 heteroatoms. The maximum absolute atomic E-state index is 5.62. The Morgan fingerprint density at radius 2 is 1.94 bits per heavy atom. The summed E-state index contributed by atoms with van der Waals surface area (Å²) in [6.45, 7) is 5.95. The molecule has 0 saturated heterocycles. The van der Waals surface area contributed by atoms with Crippen molar-refractivity contribution in [2.24, 2.45) is 0 Å². The fraction of sp³-hybridized carbons (Fsp3) is 0.385. The van der Waals surface area contributed by atoms with Gasteiger partial charge in [-0.25, -0.2) is 0 Å². The Balaban J connectivity index is 1.79. The molecule has 0 radical (unpaired) electrons. The van der Waals surface area contributed by atoms with Gasteiger partial charge in [-0.05, 0) is 31.2 Å². The molecule has 0 atom stereocenters. The Labute approximate surface area is 100 Å². The fourth-order valence-electron chi connectivity index (χ4n) is 1.60. The first kappa shape index (κ1) is 11.4. The lowest BCUT2D eigenvalue weighted by Gasteiger charge is -1.99. The predicted octanol–water partition coefficient (Wildman–Crippen LogP) is 3.50. The van der Waals surface area contributed by atoms with E-state index in [-0.39, 0.29) is 0 Å². The summed E-state index contributed by atoms with van der Waals surface area (Å²) in [4.78, 5) is 2.74. The van der Waals surface area contributed by atoms with Gasteiger partial charge < -0.3 is 9.73 Å². The van der Waals surface area contributed by atoms with E-state index in [1.165, 1.54) is 9.75 Å². The van der Waals surface area contributed by atoms with Crippen LogP contribution >= 0.6 is 11.3 Å². The van der Waals surface area contributed by atoms with E-state index in [4.69, 9.17) is 4.42 Å². The van der Waals surface area contributed by atoms with E-state index in [0.29, 0.717) is 0 Å². The smallest absolute Gasteiger partial charge is 0.117 e. The molecule has 0 aliphatic rings. The number of furan rings is 1. The van der Waals surface area contributed by atoms with Crippen molar-refractivity contribution in [2.75, 3.05) is 0 Å². The van der Waals surface area contributed by atoms with Crippen LogP contribution in [0.5, 0.6) is 0 Å². The van der Waals surface area contributed by atoms with E-state index < -0.39 is 0 Å². The Morgan fingerprint density at radius 1 is 1.12 bits per heavy atom. The fourth-order valence-corrected chi connectivity index (χ4v) is 2.46. The maximum Gasteiger partial charge on any atom is 0.117 e. The molecule has 1 N–H and O–H groups in total.